The van der Waals surface area contributed by atoms with E-state index in [4.69, 9.17) is 9.47 Å². The van der Waals surface area contributed by atoms with E-state index in [1.54, 1.807) is 12.1 Å². The molecular weight excluding hydrogens is 364 g/mol. The average Bonchev–Trinajstić information content (AvgIpc) is 2.85. The summed E-state index contributed by atoms with van der Waals surface area (Å²) in [7, 11) is 0. The lowest BCUT2D eigenvalue weighted by molar-refractivity contribution is 0.0901. The Hall–Kier alpha value is -0.390. The molecule has 0 spiro atoms. The standard InChI is InChI=1S/C13H14Br2O3/c14-11-6-9(8-16)7-12(15)13(11)18-5-3-10-2-1-4-17-10/h6-8,10H,1-5H2. The molecule has 0 bridgehead atoms. The first kappa shape index (κ1) is 14.0. The summed E-state index contributed by atoms with van der Waals surface area (Å²) in [5.74, 6) is 0.735. The van der Waals surface area contributed by atoms with Crippen molar-refractivity contribution in [1.82, 2.24) is 0 Å². The van der Waals surface area contributed by atoms with Gasteiger partial charge in [-0.1, -0.05) is 0 Å². The third kappa shape index (κ3) is 3.56. The lowest BCUT2D eigenvalue weighted by Gasteiger charge is -2.13. The number of carbonyl (C=O) groups is 1. The molecule has 18 heavy (non-hydrogen) atoms. The molecule has 0 aliphatic carbocycles. The van der Waals surface area contributed by atoms with Gasteiger partial charge in [-0.25, -0.2) is 0 Å². The van der Waals surface area contributed by atoms with E-state index in [0.717, 1.165) is 46.9 Å². The smallest absolute Gasteiger partial charge is 0.150 e. The molecule has 3 nitrogen and oxygen atoms in total. The summed E-state index contributed by atoms with van der Waals surface area (Å²) in [6.07, 6.45) is 4.30. The monoisotopic (exact) mass is 376 g/mol. The average molecular weight is 378 g/mol. The lowest BCUT2D eigenvalue weighted by Crippen LogP contribution is -2.11. The number of rotatable bonds is 5. The molecule has 1 aromatic carbocycles. The molecule has 98 valence electrons. The van der Waals surface area contributed by atoms with Crippen molar-refractivity contribution in [2.24, 2.45) is 0 Å². The minimum atomic E-state index is 0.330. The molecule has 0 N–H and O–H groups in total. The predicted octanol–water partition coefficient (Wildman–Crippen LogP) is 3.97. The Labute approximate surface area is 123 Å². The minimum absolute atomic E-state index is 0.330. The van der Waals surface area contributed by atoms with Crippen molar-refractivity contribution >= 4 is 38.1 Å². The molecule has 1 heterocycles. The summed E-state index contributed by atoms with van der Waals surface area (Å²) >= 11 is 6.81. The largest absolute Gasteiger partial charge is 0.491 e. The summed E-state index contributed by atoms with van der Waals surface area (Å²) in [5, 5.41) is 0. The number of benzene rings is 1. The normalized spacial score (nSPS) is 18.9. The molecule has 1 atom stereocenters. The van der Waals surface area contributed by atoms with Crippen LogP contribution in [0.3, 0.4) is 0 Å². The zero-order valence-corrected chi connectivity index (χ0v) is 13.0. The third-order valence-corrected chi connectivity index (χ3v) is 4.04. The molecular formula is C13H14Br2O3. The minimum Gasteiger partial charge on any atom is -0.491 e. The highest BCUT2D eigenvalue weighted by atomic mass is 79.9. The zero-order valence-electron chi connectivity index (χ0n) is 9.83. The van der Waals surface area contributed by atoms with E-state index < -0.39 is 0 Å². The van der Waals surface area contributed by atoms with E-state index in [0.29, 0.717) is 18.3 Å². The van der Waals surface area contributed by atoms with Crippen LogP contribution < -0.4 is 4.74 Å². The first-order valence-corrected chi connectivity index (χ1v) is 7.48. The maximum atomic E-state index is 10.7. The summed E-state index contributed by atoms with van der Waals surface area (Å²) in [6.45, 7) is 1.48. The van der Waals surface area contributed by atoms with Gasteiger partial charge in [0.15, 0.2) is 0 Å². The van der Waals surface area contributed by atoms with Crippen molar-refractivity contribution in [3.05, 3.63) is 26.6 Å². The number of hydrogen-bond acceptors (Lipinski definition) is 3. The zero-order chi connectivity index (χ0) is 13.0. The van der Waals surface area contributed by atoms with Gasteiger partial charge in [-0.3, -0.25) is 4.79 Å². The molecule has 1 unspecified atom stereocenters. The van der Waals surface area contributed by atoms with Crippen LogP contribution in [0.25, 0.3) is 0 Å². The Kier molecular flexibility index (Phi) is 5.21. The van der Waals surface area contributed by atoms with Gasteiger partial charge in [-0.15, -0.1) is 0 Å². The molecule has 0 radical (unpaired) electrons. The first-order valence-electron chi connectivity index (χ1n) is 5.89. The van der Waals surface area contributed by atoms with Gasteiger partial charge in [-0.2, -0.15) is 0 Å². The molecule has 2 rings (SSSR count). The van der Waals surface area contributed by atoms with Crippen molar-refractivity contribution < 1.29 is 14.3 Å². The fraction of sp³-hybridized carbons (Fsp3) is 0.462. The molecule has 1 saturated heterocycles. The van der Waals surface area contributed by atoms with Crippen LogP contribution in [-0.4, -0.2) is 25.6 Å². The second-order valence-electron chi connectivity index (χ2n) is 4.20. The molecule has 1 aliphatic heterocycles. The van der Waals surface area contributed by atoms with Gasteiger partial charge in [0.25, 0.3) is 0 Å². The summed E-state index contributed by atoms with van der Waals surface area (Å²) in [5.41, 5.74) is 0.611. The Morgan fingerprint density at radius 3 is 2.67 bits per heavy atom. The van der Waals surface area contributed by atoms with Gasteiger partial charge in [-0.05, 0) is 56.8 Å². The Morgan fingerprint density at radius 1 is 1.39 bits per heavy atom. The van der Waals surface area contributed by atoms with Crippen LogP contribution >= 0.6 is 31.9 Å². The van der Waals surface area contributed by atoms with E-state index in [2.05, 4.69) is 31.9 Å². The van der Waals surface area contributed by atoms with Gasteiger partial charge in [0.05, 0.1) is 21.7 Å². The van der Waals surface area contributed by atoms with Crippen LogP contribution in [0.1, 0.15) is 29.6 Å². The van der Waals surface area contributed by atoms with Gasteiger partial charge < -0.3 is 9.47 Å². The van der Waals surface area contributed by atoms with Crippen LogP contribution in [0, 0.1) is 0 Å². The van der Waals surface area contributed by atoms with E-state index >= 15 is 0 Å². The Morgan fingerprint density at radius 2 is 2.11 bits per heavy atom. The van der Waals surface area contributed by atoms with Crippen LogP contribution in [0.4, 0.5) is 0 Å². The quantitative estimate of drug-likeness (QED) is 0.728. The maximum Gasteiger partial charge on any atom is 0.150 e. The highest BCUT2D eigenvalue weighted by Crippen LogP contribution is 2.34. The lowest BCUT2D eigenvalue weighted by atomic mass is 10.2. The third-order valence-electron chi connectivity index (χ3n) is 2.87. The van der Waals surface area contributed by atoms with E-state index in [9.17, 15) is 4.79 Å². The van der Waals surface area contributed by atoms with E-state index in [1.807, 2.05) is 0 Å². The van der Waals surface area contributed by atoms with Crippen molar-refractivity contribution in [3.63, 3.8) is 0 Å². The van der Waals surface area contributed by atoms with E-state index in [1.165, 1.54) is 0 Å². The van der Waals surface area contributed by atoms with Gasteiger partial charge >= 0.3 is 0 Å². The summed E-state index contributed by atoms with van der Waals surface area (Å²) < 4.78 is 12.8. The van der Waals surface area contributed by atoms with Crippen molar-refractivity contribution in [1.29, 1.82) is 0 Å². The van der Waals surface area contributed by atoms with Crippen LogP contribution in [0.2, 0.25) is 0 Å². The second kappa shape index (κ2) is 6.68. The van der Waals surface area contributed by atoms with Gasteiger partial charge in [0.1, 0.15) is 12.0 Å². The van der Waals surface area contributed by atoms with E-state index in [-0.39, 0.29) is 0 Å². The molecule has 0 amide bonds. The predicted molar refractivity (Wildman–Crippen MR) is 76.3 cm³/mol. The fourth-order valence-electron chi connectivity index (χ4n) is 1.95. The second-order valence-corrected chi connectivity index (χ2v) is 5.91. The highest BCUT2D eigenvalue weighted by molar-refractivity contribution is 9.11. The van der Waals surface area contributed by atoms with Crippen LogP contribution in [-0.2, 0) is 4.74 Å². The number of halogens is 2. The molecule has 5 heteroatoms. The van der Waals surface area contributed by atoms with Crippen molar-refractivity contribution in [2.75, 3.05) is 13.2 Å². The Balaban J connectivity index is 1.94. The number of hydrogen-bond donors (Lipinski definition) is 0. The summed E-state index contributed by atoms with van der Waals surface area (Å²) in [4.78, 5) is 10.7. The maximum absolute atomic E-state index is 10.7. The van der Waals surface area contributed by atoms with Crippen LogP contribution in [0.5, 0.6) is 5.75 Å². The van der Waals surface area contributed by atoms with Crippen molar-refractivity contribution in [3.8, 4) is 5.75 Å². The molecule has 0 saturated carbocycles. The number of carbonyl (C=O) groups excluding carboxylic acids is 1. The molecule has 1 fully saturated rings. The SMILES string of the molecule is O=Cc1cc(Br)c(OCCC2CCCO2)c(Br)c1. The first-order chi connectivity index (χ1) is 8.70. The highest BCUT2D eigenvalue weighted by Gasteiger charge is 2.16. The molecule has 1 aromatic rings. The fourth-order valence-corrected chi connectivity index (χ4v) is 3.40. The molecule has 0 aromatic heterocycles. The topological polar surface area (TPSA) is 35.5 Å². The van der Waals surface area contributed by atoms with Gasteiger partial charge in [0.2, 0.25) is 0 Å². The number of ether oxygens (including phenoxy) is 2. The van der Waals surface area contributed by atoms with Crippen LogP contribution in [0.15, 0.2) is 21.1 Å². The molecule has 1 aliphatic rings. The van der Waals surface area contributed by atoms with Gasteiger partial charge in [0, 0.05) is 18.6 Å². The summed E-state index contributed by atoms with van der Waals surface area (Å²) in [6, 6.07) is 3.50. The Bertz CT molecular complexity index is 405. The van der Waals surface area contributed by atoms with Crippen molar-refractivity contribution in [2.45, 2.75) is 25.4 Å². The number of aldehydes is 1.